The van der Waals surface area contributed by atoms with Gasteiger partial charge in [0, 0.05) is 28.9 Å². The minimum Gasteiger partial charge on any atom is -0.497 e. The monoisotopic (exact) mass is 469 g/mol. The van der Waals surface area contributed by atoms with Gasteiger partial charge in [-0.1, -0.05) is 18.2 Å². The molecule has 10 nitrogen and oxygen atoms in total. The maximum atomic E-state index is 13.0. The molecule has 3 aromatic heterocycles. The largest absolute Gasteiger partial charge is 0.497 e. The molecule has 0 aliphatic heterocycles. The maximum Gasteiger partial charge on any atom is 0.257 e. The van der Waals surface area contributed by atoms with E-state index in [9.17, 15) is 4.79 Å². The lowest BCUT2D eigenvalue weighted by molar-refractivity contribution is 0.102. The standard InChI is InChI=1S/C25H23N7O3/c1-34-21-8-7-18(23(10-21)35-2)14-32-24-19(12-28-32)9-20(11-27-24)25(33)30-22-6-4-3-5-17(22)13-31-16-26-15-29-31/h3-12,15-16H,13-14H2,1-2H3,(H,30,33). The predicted octanol–water partition coefficient (Wildman–Crippen LogP) is 3.39. The minimum atomic E-state index is -0.255. The summed E-state index contributed by atoms with van der Waals surface area (Å²) in [4.78, 5) is 21.5. The first-order chi connectivity index (χ1) is 17.1. The highest BCUT2D eigenvalue weighted by molar-refractivity contribution is 6.05. The number of hydrogen-bond donors (Lipinski definition) is 1. The molecule has 1 N–H and O–H groups in total. The Balaban J connectivity index is 1.36. The number of nitrogens with zero attached hydrogens (tertiary/aromatic N) is 6. The molecule has 10 heteroatoms. The fourth-order valence-electron chi connectivity index (χ4n) is 3.82. The van der Waals surface area contributed by atoms with Crippen molar-refractivity contribution in [2.45, 2.75) is 13.1 Å². The van der Waals surface area contributed by atoms with Gasteiger partial charge in [0.1, 0.15) is 24.2 Å². The van der Waals surface area contributed by atoms with Gasteiger partial charge in [-0.2, -0.15) is 10.2 Å². The van der Waals surface area contributed by atoms with Crippen molar-refractivity contribution in [2.24, 2.45) is 0 Å². The first kappa shape index (κ1) is 22.1. The molecular formula is C25H23N7O3. The van der Waals surface area contributed by atoms with E-state index in [2.05, 4.69) is 25.5 Å². The quantitative estimate of drug-likeness (QED) is 0.371. The molecule has 5 aromatic rings. The van der Waals surface area contributed by atoms with E-state index in [0.29, 0.717) is 41.5 Å². The highest BCUT2D eigenvalue weighted by Gasteiger charge is 2.14. The summed E-state index contributed by atoms with van der Waals surface area (Å²) in [5, 5.41) is 12.3. The van der Waals surface area contributed by atoms with Crippen LogP contribution in [0.5, 0.6) is 11.5 Å². The second kappa shape index (κ2) is 9.64. The molecule has 0 atom stereocenters. The van der Waals surface area contributed by atoms with Crippen molar-refractivity contribution >= 4 is 22.6 Å². The summed E-state index contributed by atoms with van der Waals surface area (Å²) in [6.07, 6.45) is 6.37. The van der Waals surface area contributed by atoms with Crippen molar-refractivity contribution in [1.29, 1.82) is 0 Å². The van der Waals surface area contributed by atoms with Crippen LogP contribution < -0.4 is 14.8 Å². The van der Waals surface area contributed by atoms with Gasteiger partial charge in [-0.3, -0.25) is 4.79 Å². The van der Waals surface area contributed by atoms with Gasteiger partial charge in [-0.25, -0.2) is 19.3 Å². The Morgan fingerprint density at radius 1 is 0.971 bits per heavy atom. The van der Waals surface area contributed by atoms with Gasteiger partial charge in [0.2, 0.25) is 0 Å². The van der Waals surface area contributed by atoms with Crippen LogP contribution in [0.3, 0.4) is 0 Å². The molecule has 0 radical (unpaired) electrons. The molecule has 0 unspecified atom stereocenters. The first-order valence-electron chi connectivity index (χ1n) is 10.9. The second-order valence-corrected chi connectivity index (χ2v) is 7.82. The van der Waals surface area contributed by atoms with Crippen LogP contribution in [0.1, 0.15) is 21.5 Å². The number of pyridine rings is 1. The van der Waals surface area contributed by atoms with Crippen molar-refractivity contribution in [3.63, 3.8) is 0 Å². The van der Waals surface area contributed by atoms with Gasteiger partial charge in [-0.05, 0) is 29.8 Å². The van der Waals surface area contributed by atoms with E-state index >= 15 is 0 Å². The smallest absolute Gasteiger partial charge is 0.257 e. The summed E-state index contributed by atoms with van der Waals surface area (Å²) in [5.41, 5.74) is 3.67. The Hall–Kier alpha value is -4.73. The highest BCUT2D eigenvalue weighted by atomic mass is 16.5. The van der Waals surface area contributed by atoms with Gasteiger partial charge >= 0.3 is 0 Å². The number of para-hydroxylation sites is 1. The number of ether oxygens (including phenoxy) is 2. The number of rotatable bonds is 8. The van der Waals surface area contributed by atoms with E-state index in [1.54, 1.807) is 48.4 Å². The Bertz CT molecular complexity index is 1480. The van der Waals surface area contributed by atoms with Gasteiger partial charge in [-0.15, -0.1) is 0 Å². The number of amides is 1. The van der Waals surface area contributed by atoms with E-state index in [1.807, 2.05) is 42.5 Å². The Morgan fingerprint density at radius 2 is 1.86 bits per heavy atom. The number of benzene rings is 2. The molecule has 0 aliphatic rings. The Kier molecular flexibility index (Phi) is 6.08. The van der Waals surface area contributed by atoms with E-state index in [1.165, 1.54) is 6.33 Å². The van der Waals surface area contributed by atoms with E-state index in [4.69, 9.17) is 9.47 Å². The average molecular weight is 470 g/mol. The lowest BCUT2D eigenvalue weighted by Crippen LogP contribution is -2.14. The molecule has 0 saturated heterocycles. The number of fused-ring (bicyclic) bond motifs is 1. The van der Waals surface area contributed by atoms with Crippen molar-refractivity contribution in [1.82, 2.24) is 29.5 Å². The zero-order valence-electron chi connectivity index (χ0n) is 19.3. The van der Waals surface area contributed by atoms with Crippen LogP contribution in [0.2, 0.25) is 0 Å². The number of carbonyl (C=O) groups is 1. The number of nitrogens with one attached hydrogen (secondary N) is 1. The fraction of sp³-hybridized carbons (Fsp3) is 0.160. The average Bonchev–Trinajstić information content (AvgIpc) is 3.55. The third-order valence-electron chi connectivity index (χ3n) is 5.62. The lowest BCUT2D eigenvalue weighted by Gasteiger charge is -2.12. The lowest BCUT2D eigenvalue weighted by atomic mass is 10.1. The molecule has 0 aliphatic carbocycles. The van der Waals surface area contributed by atoms with Crippen LogP contribution >= 0.6 is 0 Å². The molecule has 0 fully saturated rings. The molecule has 0 saturated carbocycles. The summed E-state index contributed by atoms with van der Waals surface area (Å²) in [5.74, 6) is 1.16. The summed E-state index contributed by atoms with van der Waals surface area (Å²) in [6, 6.07) is 15.0. The van der Waals surface area contributed by atoms with Crippen LogP contribution in [0.25, 0.3) is 11.0 Å². The SMILES string of the molecule is COc1ccc(Cn2ncc3cc(C(=O)Nc4ccccc4Cn4cncn4)cnc32)c(OC)c1. The van der Waals surface area contributed by atoms with Crippen LogP contribution in [0.4, 0.5) is 5.69 Å². The van der Waals surface area contributed by atoms with Crippen molar-refractivity contribution in [3.8, 4) is 11.5 Å². The Labute approximate surface area is 201 Å². The van der Waals surface area contributed by atoms with Gasteiger partial charge in [0.15, 0.2) is 5.65 Å². The number of aromatic nitrogens is 6. The summed E-state index contributed by atoms with van der Waals surface area (Å²) in [7, 11) is 3.23. The molecular weight excluding hydrogens is 446 g/mol. The van der Waals surface area contributed by atoms with E-state index < -0.39 is 0 Å². The molecule has 2 aromatic carbocycles. The molecule has 0 bridgehead atoms. The number of methoxy groups -OCH3 is 2. The summed E-state index contributed by atoms with van der Waals surface area (Å²) < 4.78 is 14.2. The van der Waals surface area contributed by atoms with Gasteiger partial charge < -0.3 is 14.8 Å². The summed E-state index contributed by atoms with van der Waals surface area (Å²) >= 11 is 0. The van der Waals surface area contributed by atoms with Crippen molar-refractivity contribution in [3.05, 3.63) is 90.3 Å². The summed E-state index contributed by atoms with van der Waals surface area (Å²) in [6.45, 7) is 0.959. The third kappa shape index (κ3) is 4.67. The minimum absolute atomic E-state index is 0.255. The second-order valence-electron chi connectivity index (χ2n) is 7.82. The molecule has 176 valence electrons. The number of carbonyl (C=O) groups excluding carboxylic acids is 1. The van der Waals surface area contributed by atoms with E-state index in [0.717, 1.165) is 16.5 Å². The van der Waals surface area contributed by atoms with Crippen molar-refractivity contribution in [2.75, 3.05) is 19.5 Å². The third-order valence-corrected chi connectivity index (χ3v) is 5.62. The van der Waals surface area contributed by atoms with Crippen LogP contribution in [0.15, 0.2) is 73.6 Å². The molecule has 3 heterocycles. The molecule has 0 spiro atoms. The zero-order valence-corrected chi connectivity index (χ0v) is 19.3. The van der Waals surface area contributed by atoms with Gasteiger partial charge in [0.25, 0.3) is 5.91 Å². The predicted molar refractivity (Wildman–Crippen MR) is 130 cm³/mol. The zero-order chi connectivity index (χ0) is 24.2. The Morgan fingerprint density at radius 3 is 2.66 bits per heavy atom. The molecule has 5 rings (SSSR count). The van der Waals surface area contributed by atoms with Gasteiger partial charge in [0.05, 0.1) is 39.1 Å². The number of hydrogen-bond acceptors (Lipinski definition) is 7. The fourth-order valence-corrected chi connectivity index (χ4v) is 3.82. The number of anilines is 1. The van der Waals surface area contributed by atoms with Crippen LogP contribution in [0, 0.1) is 0 Å². The molecule has 1 amide bonds. The maximum absolute atomic E-state index is 13.0. The first-order valence-corrected chi connectivity index (χ1v) is 10.9. The highest BCUT2D eigenvalue weighted by Crippen LogP contribution is 2.26. The van der Waals surface area contributed by atoms with Crippen molar-refractivity contribution < 1.29 is 14.3 Å². The topological polar surface area (TPSA) is 109 Å². The molecule has 35 heavy (non-hydrogen) atoms. The normalized spacial score (nSPS) is 10.9. The van der Waals surface area contributed by atoms with Crippen LogP contribution in [-0.4, -0.2) is 49.7 Å². The van der Waals surface area contributed by atoms with E-state index in [-0.39, 0.29) is 5.91 Å². The van der Waals surface area contributed by atoms with Crippen LogP contribution in [-0.2, 0) is 13.1 Å².